The Morgan fingerprint density at radius 2 is 2.00 bits per heavy atom. The van der Waals surface area contributed by atoms with Crippen LogP contribution in [0, 0.1) is 0 Å². The molecule has 0 bridgehead atoms. The molecule has 3 nitrogen and oxygen atoms in total. The molecule has 1 N–H and O–H groups in total. The molecule has 10 heavy (non-hydrogen) atoms. The summed E-state index contributed by atoms with van der Waals surface area (Å²) in [5.41, 5.74) is 0. The van der Waals surface area contributed by atoms with Crippen molar-refractivity contribution >= 4 is 12.6 Å². The van der Waals surface area contributed by atoms with Crippen molar-refractivity contribution < 1.29 is 14.7 Å². The Bertz CT molecular complexity index is 101. The highest BCUT2D eigenvalue weighted by Gasteiger charge is 2.01. The van der Waals surface area contributed by atoms with E-state index in [1.165, 1.54) is 0 Å². The summed E-state index contributed by atoms with van der Waals surface area (Å²) in [6.07, 6.45) is 4.10. The maximum atomic E-state index is 9.69. The lowest BCUT2D eigenvalue weighted by atomic mass is 10.1. The van der Waals surface area contributed by atoms with Gasteiger partial charge in [0.1, 0.15) is 0 Å². The van der Waals surface area contributed by atoms with Crippen molar-refractivity contribution in [3.63, 3.8) is 0 Å². The van der Waals surface area contributed by atoms with Crippen LogP contribution in [0.15, 0.2) is 0 Å². The van der Waals surface area contributed by atoms with Gasteiger partial charge in [0.25, 0.3) is 0 Å². The lowest BCUT2D eigenvalue weighted by molar-refractivity contribution is 0.169. The second-order valence-corrected chi connectivity index (χ2v) is 2.04. The molecule has 0 spiro atoms. The lowest BCUT2D eigenvalue weighted by Gasteiger charge is -2.02. The van der Waals surface area contributed by atoms with Gasteiger partial charge in [-0.15, -0.1) is 0 Å². The summed E-state index contributed by atoms with van der Waals surface area (Å²) in [7, 11) is 0. The van der Waals surface area contributed by atoms with Crippen molar-refractivity contribution in [2.45, 2.75) is 31.8 Å². The van der Waals surface area contributed by atoms with Crippen LogP contribution < -0.4 is 0 Å². The molecule has 2 radical (unpaired) electrons. The second kappa shape index (κ2) is 6.42. The first-order chi connectivity index (χ1) is 4.81. The zero-order valence-electron chi connectivity index (χ0n) is 5.67. The van der Waals surface area contributed by atoms with Gasteiger partial charge in [0.2, 0.25) is 6.29 Å². The molecule has 0 amide bonds. The number of aliphatic hydroxyl groups is 1. The van der Waals surface area contributed by atoms with Crippen molar-refractivity contribution in [1.82, 2.24) is 0 Å². The van der Waals surface area contributed by atoms with E-state index in [0.717, 1.165) is 0 Å². The van der Waals surface area contributed by atoms with E-state index in [1.54, 1.807) is 12.6 Å². The molecule has 1 atom stereocenters. The minimum atomic E-state index is -0.633. The molecule has 0 rings (SSSR count). The summed E-state index contributed by atoms with van der Waals surface area (Å²) in [4.78, 5) is 19.3. The molecule has 1 unspecified atom stereocenters. The molecule has 0 saturated heterocycles. The summed E-state index contributed by atoms with van der Waals surface area (Å²) >= 11 is 0. The van der Waals surface area contributed by atoms with Crippen LogP contribution in [0.25, 0.3) is 0 Å². The normalized spacial score (nSPS) is 12.5. The Morgan fingerprint density at radius 3 is 2.50 bits per heavy atom. The van der Waals surface area contributed by atoms with E-state index in [9.17, 15) is 9.59 Å². The molecule has 0 fully saturated rings. The third-order valence-corrected chi connectivity index (χ3v) is 1.14. The number of unbranched alkanes of at least 4 members (excludes halogenated alkanes) is 1. The monoisotopic (exact) mass is 142 g/mol. The Hall–Kier alpha value is -0.700. The molecule has 0 aromatic heterocycles. The van der Waals surface area contributed by atoms with Crippen LogP contribution in [0.4, 0.5) is 0 Å². The topological polar surface area (TPSA) is 54.4 Å². The minimum absolute atomic E-state index is 0.0405. The van der Waals surface area contributed by atoms with Crippen LogP contribution in [0.1, 0.15) is 25.7 Å². The third kappa shape index (κ3) is 5.44. The first kappa shape index (κ1) is 9.30. The largest absolute Gasteiger partial charge is 0.393 e. The van der Waals surface area contributed by atoms with Gasteiger partial charge in [0, 0.05) is 12.8 Å². The average Bonchev–Trinajstić information content (AvgIpc) is 1.89. The molecule has 0 aromatic carbocycles. The van der Waals surface area contributed by atoms with Crippen LogP contribution in [-0.2, 0) is 9.59 Å². The highest BCUT2D eigenvalue weighted by molar-refractivity contribution is 5.51. The van der Waals surface area contributed by atoms with E-state index in [-0.39, 0.29) is 6.42 Å². The SMILES string of the molecule is O=[C]CCCC(O)C[C]=O. The van der Waals surface area contributed by atoms with Crippen molar-refractivity contribution in [3.05, 3.63) is 0 Å². The molecule has 0 aliphatic heterocycles. The number of carbonyl (C=O) groups excluding carboxylic acids is 2. The van der Waals surface area contributed by atoms with E-state index in [4.69, 9.17) is 5.11 Å². The quantitative estimate of drug-likeness (QED) is 0.536. The summed E-state index contributed by atoms with van der Waals surface area (Å²) in [6, 6.07) is 0. The van der Waals surface area contributed by atoms with E-state index < -0.39 is 6.10 Å². The fraction of sp³-hybridized carbons (Fsp3) is 0.714. The Labute approximate surface area is 60.0 Å². The van der Waals surface area contributed by atoms with Gasteiger partial charge in [0.05, 0.1) is 6.10 Å². The molecule has 0 aliphatic carbocycles. The highest BCUT2D eigenvalue weighted by atomic mass is 16.3. The van der Waals surface area contributed by atoms with Gasteiger partial charge in [-0.3, -0.25) is 9.59 Å². The molecular weight excluding hydrogens is 132 g/mol. The van der Waals surface area contributed by atoms with Gasteiger partial charge in [-0.1, -0.05) is 0 Å². The van der Waals surface area contributed by atoms with Crippen molar-refractivity contribution in [2.75, 3.05) is 0 Å². The third-order valence-electron chi connectivity index (χ3n) is 1.14. The lowest BCUT2D eigenvalue weighted by Crippen LogP contribution is -2.06. The number of hydrogen-bond acceptors (Lipinski definition) is 3. The van der Waals surface area contributed by atoms with Crippen molar-refractivity contribution in [2.24, 2.45) is 0 Å². The minimum Gasteiger partial charge on any atom is -0.393 e. The van der Waals surface area contributed by atoms with Crippen LogP contribution in [0.3, 0.4) is 0 Å². The fourth-order valence-corrected chi connectivity index (χ4v) is 0.608. The standard InChI is InChI=1S/C7H10O3/c8-5-2-1-3-7(10)4-6-9/h7,10H,1-4H2. The van der Waals surface area contributed by atoms with Crippen molar-refractivity contribution in [3.8, 4) is 0 Å². The maximum Gasteiger partial charge on any atom is 0.201 e. The predicted molar refractivity (Wildman–Crippen MR) is 35.9 cm³/mol. The van der Waals surface area contributed by atoms with E-state index in [0.29, 0.717) is 19.3 Å². The first-order valence-electron chi connectivity index (χ1n) is 3.19. The average molecular weight is 142 g/mol. The second-order valence-electron chi connectivity index (χ2n) is 2.04. The van der Waals surface area contributed by atoms with Crippen LogP contribution in [-0.4, -0.2) is 23.8 Å². The zero-order chi connectivity index (χ0) is 7.82. The van der Waals surface area contributed by atoms with Crippen LogP contribution in [0.5, 0.6) is 0 Å². The molecule has 56 valence electrons. The first-order valence-corrected chi connectivity index (χ1v) is 3.19. The highest BCUT2D eigenvalue weighted by Crippen LogP contribution is 2.00. The number of hydrogen-bond donors (Lipinski definition) is 1. The van der Waals surface area contributed by atoms with Gasteiger partial charge in [-0.2, -0.15) is 0 Å². The van der Waals surface area contributed by atoms with Gasteiger partial charge in [0.15, 0.2) is 6.29 Å². The fourth-order valence-electron chi connectivity index (χ4n) is 0.608. The maximum absolute atomic E-state index is 9.69. The Kier molecular flexibility index (Phi) is 5.97. The molecule has 3 heteroatoms. The predicted octanol–water partition coefficient (Wildman–Crippen LogP) is 0.127. The Balaban J connectivity index is 3.11. The van der Waals surface area contributed by atoms with E-state index in [2.05, 4.69) is 0 Å². The van der Waals surface area contributed by atoms with E-state index in [1.807, 2.05) is 0 Å². The summed E-state index contributed by atoms with van der Waals surface area (Å²) in [6.45, 7) is 0. The van der Waals surface area contributed by atoms with Crippen LogP contribution in [0.2, 0.25) is 0 Å². The molecule has 0 aliphatic rings. The zero-order valence-corrected chi connectivity index (χ0v) is 5.67. The smallest absolute Gasteiger partial charge is 0.201 e. The molecule has 0 aromatic rings. The Morgan fingerprint density at radius 1 is 1.30 bits per heavy atom. The molecule has 0 heterocycles. The van der Waals surface area contributed by atoms with E-state index >= 15 is 0 Å². The summed E-state index contributed by atoms with van der Waals surface area (Å²) in [5, 5.41) is 8.88. The van der Waals surface area contributed by atoms with Gasteiger partial charge < -0.3 is 5.11 Å². The molecular formula is C7H10O3. The number of aliphatic hydroxyl groups excluding tert-OH is 1. The van der Waals surface area contributed by atoms with Crippen molar-refractivity contribution in [1.29, 1.82) is 0 Å². The summed E-state index contributed by atoms with van der Waals surface area (Å²) < 4.78 is 0. The summed E-state index contributed by atoms with van der Waals surface area (Å²) in [5.74, 6) is 0. The number of rotatable bonds is 6. The van der Waals surface area contributed by atoms with Gasteiger partial charge in [-0.25, -0.2) is 0 Å². The molecule has 0 saturated carbocycles. The van der Waals surface area contributed by atoms with Crippen LogP contribution >= 0.6 is 0 Å². The van der Waals surface area contributed by atoms with Gasteiger partial charge in [-0.05, 0) is 12.8 Å². The van der Waals surface area contributed by atoms with Gasteiger partial charge >= 0.3 is 0 Å².